The van der Waals surface area contributed by atoms with Gasteiger partial charge >= 0.3 is 0 Å². The number of pyridine rings is 1. The molecule has 0 saturated heterocycles. The van der Waals surface area contributed by atoms with Crippen molar-refractivity contribution in [2.24, 2.45) is 0 Å². The van der Waals surface area contributed by atoms with E-state index in [0.29, 0.717) is 17.9 Å². The normalized spacial score (nSPS) is 10.1. The Labute approximate surface area is 135 Å². The molecule has 0 fully saturated rings. The largest absolute Gasteiger partial charge is 0.348 e. The molecule has 114 valence electrons. The van der Waals surface area contributed by atoms with Crippen LogP contribution in [0.3, 0.4) is 0 Å². The number of carbonyl (C=O) groups is 1. The Kier molecular flexibility index (Phi) is 4.64. The predicted octanol–water partition coefficient (Wildman–Crippen LogP) is 3.76. The van der Waals surface area contributed by atoms with Crippen LogP contribution in [0.15, 0.2) is 79.0 Å². The third-order valence-corrected chi connectivity index (χ3v) is 3.37. The standard InChI is InChI=1S/C19H17N3O/c23-19(21-13-15-7-3-1-4-8-15)16-11-12-18(20-14-16)22-17-9-5-2-6-10-17/h1-12,14H,13H2,(H,20,22)(H,21,23). The number of aromatic nitrogens is 1. The molecule has 0 aliphatic carbocycles. The lowest BCUT2D eigenvalue weighted by Gasteiger charge is -2.07. The number of benzene rings is 2. The van der Waals surface area contributed by atoms with Crippen LogP contribution in [0.2, 0.25) is 0 Å². The summed E-state index contributed by atoms with van der Waals surface area (Å²) < 4.78 is 0. The quantitative estimate of drug-likeness (QED) is 0.754. The first-order valence-corrected chi connectivity index (χ1v) is 7.41. The Morgan fingerprint density at radius 1 is 0.870 bits per heavy atom. The van der Waals surface area contributed by atoms with Gasteiger partial charge in [-0.25, -0.2) is 4.98 Å². The molecule has 2 aromatic carbocycles. The average Bonchev–Trinajstić information content (AvgIpc) is 2.62. The predicted molar refractivity (Wildman–Crippen MR) is 91.6 cm³/mol. The zero-order chi connectivity index (χ0) is 15.9. The second-order valence-electron chi connectivity index (χ2n) is 5.09. The van der Waals surface area contributed by atoms with E-state index in [1.807, 2.05) is 60.7 Å². The van der Waals surface area contributed by atoms with Gasteiger partial charge in [-0.05, 0) is 29.8 Å². The molecular formula is C19H17N3O. The van der Waals surface area contributed by atoms with Crippen molar-refractivity contribution in [3.05, 3.63) is 90.1 Å². The monoisotopic (exact) mass is 303 g/mol. The molecule has 1 amide bonds. The molecule has 3 rings (SSSR count). The number of hydrogen-bond acceptors (Lipinski definition) is 3. The summed E-state index contributed by atoms with van der Waals surface area (Å²) >= 11 is 0. The maximum atomic E-state index is 12.1. The lowest BCUT2D eigenvalue weighted by atomic mass is 10.2. The maximum absolute atomic E-state index is 12.1. The van der Waals surface area contributed by atoms with E-state index >= 15 is 0 Å². The molecule has 0 radical (unpaired) electrons. The molecular weight excluding hydrogens is 286 g/mol. The SMILES string of the molecule is O=C(NCc1ccccc1)c1ccc(Nc2ccccc2)nc1. The highest BCUT2D eigenvalue weighted by Crippen LogP contribution is 2.13. The van der Waals surface area contributed by atoms with Gasteiger partial charge in [-0.3, -0.25) is 4.79 Å². The molecule has 0 aliphatic heterocycles. The topological polar surface area (TPSA) is 54.0 Å². The number of rotatable bonds is 5. The van der Waals surface area contributed by atoms with Gasteiger partial charge in [0.1, 0.15) is 5.82 Å². The maximum Gasteiger partial charge on any atom is 0.253 e. The van der Waals surface area contributed by atoms with Crippen LogP contribution in [0.4, 0.5) is 11.5 Å². The zero-order valence-corrected chi connectivity index (χ0v) is 12.6. The summed E-state index contributed by atoms with van der Waals surface area (Å²) in [5.41, 5.74) is 2.57. The number of amides is 1. The van der Waals surface area contributed by atoms with Gasteiger partial charge in [0.25, 0.3) is 5.91 Å². The molecule has 3 aromatic rings. The summed E-state index contributed by atoms with van der Waals surface area (Å²) in [4.78, 5) is 16.4. The summed E-state index contributed by atoms with van der Waals surface area (Å²) in [6.45, 7) is 0.504. The van der Waals surface area contributed by atoms with E-state index < -0.39 is 0 Å². The summed E-state index contributed by atoms with van der Waals surface area (Å²) in [6.07, 6.45) is 1.58. The number of anilines is 2. The van der Waals surface area contributed by atoms with E-state index in [1.54, 1.807) is 18.3 Å². The molecule has 0 aliphatic rings. The van der Waals surface area contributed by atoms with Crippen LogP contribution in [0, 0.1) is 0 Å². The highest BCUT2D eigenvalue weighted by atomic mass is 16.1. The molecule has 0 spiro atoms. The van der Waals surface area contributed by atoms with Gasteiger partial charge in [0, 0.05) is 18.4 Å². The van der Waals surface area contributed by atoms with Gasteiger partial charge < -0.3 is 10.6 Å². The summed E-state index contributed by atoms with van der Waals surface area (Å²) in [6, 6.07) is 23.2. The number of nitrogens with zero attached hydrogens (tertiary/aromatic N) is 1. The smallest absolute Gasteiger partial charge is 0.253 e. The molecule has 0 bridgehead atoms. The first kappa shape index (κ1) is 14.8. The fourth-order valence-electron chi connectivity index (χ4n) is 2.15. The first-order valence-electron chi connectivity index (χ1n) is 7.41. The summed E-state index contributed by atoms with van der Waals surface area (Å²) in [5.74, 6) is 0.573. The Balaban J connectivity index is 1.59. The van der Waals surface area contributed by atoms with Crippen molar-refractivity contribution in [2.75, 3.05) is 5.32 Å². The van der Waals surface area contributed by atoms with Crippen molar-refractivity contribution in [3.63, 3.8) is 0 Å². The minimum atomic E-state index is -0.132. The third-order valence-electron chi connectivity index (χ3n) is 3.37. The van der Waals surface area contributed by atoms with E-state index in [4.69, 9.17) is 0 Å². The second-order valence-corrected chi connectivity index (χ2v) is 5.09. The molecule has 0 unspecified atom stereocenters. The van der Waals surface area contributed by atoms with Crippen molar-refractivity contribution in [1.29, 1.82) is 0 Å². The minimum absolute atomic E-state index is 0.132. The zero-order valence-electron chi connectivity index (χ0n) is 12.6. The molecule has 1 aromatic heterocycles. The fraction of sp³-hybridized carbons (Fsp3) is 0.0526. The number of nitrogens with one attached hydrogen (secondary N) is 2. The van der Waals surface area contributed by atoms with Crippen molar-refractivity contribution >= 4 is 17.4 Å². The van der Waals surface area contributed by atoms with Gasteiger partial charge in [-0.15, -0.1) is 0 Å². The van der Waals surface area contributed by atoms with Crippen LogP contribution in [-0.2, 0) is 6.54 Å². The van der Waals surface area contributed by atoms with E-state index in [0.717, 1.165) is 11.3 Å². The van der Waals surface area contributed by atoms with Crippen molar-refractivity contribution < 1.29 is 4.79 Å². The Morgan fingerprint density at radius 2 is 1.57 bits per heavy atom. The Hall–Kier alpha value is -3.14. The van der Waals surface area contributed by atoms with Gasteiger partial charge in [0.15, 0.2) is 0 Å². The highest BCUT2D eigenvalue weighted by molar-refractivity contribution is 5.94. The fourth-order valence-corrected chi connectivity index (χ4v) is 2.15. The summed E-state index contributed by atoms with van der Waals surface area (Å²) in [7, 11) is 0. The van der Waals surface area contributed by atoms with Gasteiger partial charge in [0.05, 0.1) is 5.56 Å². The first-order chi connectivity index (χ1) is 11.3. The lowest BCUT2D eigenvalue weighted by Crippen LogP contribution is -2.22. The van der Waals surface area contributed by atoms with Crippen molar-refractivity contribution in [3.8, 4) is 0 Å². The highest BCUT2D eigenvalue weighted by Gasteiger charge is 2.06. The molecule has 4 heteroatoms. The van der Waals surface area contributed by atoms with Crippen LogP contribution >= 0.6 is 0 Å². The summed E-state index contributed by atoms with van der Waals surface area (Å²) in [5, 5.41) is 6.07. The van der Waals surface area contributed by atoms with Crippen LogP contribution < -0.4 is 10.6 Å². The minimum Gasteiger partial charge on any atom is -0.348 e. The van der Waals surface area contributed by atoms with Gasteiger partial charge in [-0.1, -0.05) is 48.5 Å². The van der Waals surface area contributed by atoms with Crippen LogP contribution in [0.1, 0.15) is 15.9 Å². The van der Waals surface area contributed by atoms with E-state index in [-0.39, 0.29) is 5.91 Å². The molecule has 0 saturated carbocycles. The molecule has 23 heavy (non-hydrogen) atoms. The number of carbonyl (C=O) groups excluding carboxylic acids is 1. The lowest BCUT2D eigenvalue weighted by molar-refractivity contribution is 0.0950. The van der Waals surface area contributed by atoms with E-state index in [1.165, 1.54) is 0 Å². The molecule has 1 heterocycles. The van der Waals surface area contributed by atoms with Gasteiger partial charge in [-0.2, -0.15) is 0 Å². The van der Waals surface area contributed by atoms with Crippen LogP contribution in [0.25, 0.3) is 0 Å². The van der Waals surface area contributed by atoms with E-state index in [9.17, 15) is 4.79 Å². The third kappa shape index (κ3) is 4.17. The molecule has 2 N–H and O–H groups in total. The van der Waals surface area contributed by atoms with Crippen molar-refractivity contribution in [1.82, 2.24) is 10.3 Å². The van der Waals surface area contributed by atoms with E-state index in [2.05, 4.69) is 15.6 Å². The average molecular weight is 303 g/mol. The Morgan fingerprint density at radius 3 is 2.22 bits per heavy atom. The van der Waals surface area contributed by atoms with Gasteiger partial charge in [0.2, 0.25) is 0 Å². The number of para-hydroxylation sites is 1. The van der Waals surface area contributed by atoms with Crippen LogP contribution in [-0.4, -0.2) is 10.9 Å². The van der Waals surface area contributed by atoms with Crippen molar-refractivity contribution in [2.45, 2.75) is 6.54 Å². The van der Waals surface area contributed by atoms with Crippen LogP contribution in [0.5, 0.6) is 0 Å². The molecule has 0 atom stereocenters. The second kappa shape index (κ2) is 7.22. The number of hydrogen-bond donors (Lipinski definition) is 2. The molecule has 4 nitrogen and oxygen atoms in total. The Bertz CT molecular complexity index is 756.